The molecule has 1 aliphatic rings. The SMILES string of the molecule is C[Si]1(CCCOCC(O)CN(CCO)CCO)O[Si](C)(CCCOCC(O)CN(CCO)CCO)O[Si](C)(CCCOCC(O)CN(CCO)CCO)O[Si](C)(CCCOCC(O)CN(CCO)CCO)O1. The third-order valence-corrected chi connectivity index (χ3v) is 30.7. The zero-order valence-electron chi connectivity index (χ0n) is 44.2. The normalized spacial score (nSPS) is 23.8. The molecule has 28 heteroatoms. The summed E-state index contributed by atoms with van der Waals surface area (Å²) < 4.78 is 52.9. The van der Waals surface area contributed by atoms with Crippen LogP contribution in [0, 0.1) is 0 Å². The molecule has 0 saturated carbocycles. The Morgan fingerprint density at radius 3 is 0.639 bits per heavy atom. The maximum atomic E-state index is 10.7. The maximum Gasteiger partial charge on any atom is 0.317 e. The quantitative estimate of drug-likeness (QED) is 0.0208. The minimum atomic E-state index is -3.15. The topological polar surface area (TPSA) is 330 Å². The number of aliphatic hydroxyl groups is 12. The van der Waals surface area contributed by atoms with E-state index in [0.717, 1.165) is 0 Å². The van der Waals surface area contributed by atoms with Gasteiger partial charge in [-0.2, -0.15) is 0 Å². The summed E-state index contributed by atoms with van der Waals surface area (Å²) in [6.07, 6.45) is -1.13. The van der Waals surface area contributed by atoms with E-state index in [4.69, 9.17) is 35.4 Å². The molecule has 24 nitrogen and oxygen atoms in total. The molecule has 1 heterocycles. The lowest BCUT2D eigenvalue weighted by Gasteiger charge is -2.50. The first-order valence-corrected chi connectivity index (χ1v) is 36.1. The molecule has 0 radical (unpaired) electrons. The Morgan fingerprint density at radius 2 is 0.486 bits per heavy atom. The predicted octanol–water partition coefficient (Wildman–Crippen LogP) is -3.43. The monoisotopic (exact) mass is 1120 g/mol. The van der Waals surface area contributed by atoms with Crippen molar-refractivity contribution in [2.75, 3.05) is 184 Å². The largest absolute Gasteiger partial charge is 0.416 e. The molecule has 4 unspecified atom stereocenters. The summed E-state index contributed by atoms with van der Waals surface area (Å²) in [6, 6.07) is 2.08. The van der Waals surface area contributed by atoms with Crippen LogP contribution in [0.4, 0.5) is 0 Å². The van der Waals surface area contributed by atoms with Crippen LogP contribution in [-0.2, 0) is 35.4 Å². The summed E-state index contributed by atoms with van der Waals surface area (Å²) in [6.45, 7) is 12.2. The molecule has 432 valence electrons. The van der Waals surface area contributed by atoms with E-state index in [1.165, 1.54) is 0 Å². The number of hydrogen-bond donors (Lipinski definition) is 12. The zero-order chi connectivity index (χ0) is 53.7. The van der Waals surface area contributed by atoms with Gasteiger partial charge in [-0.3, -0.25) is 19.6 Å². The molecule has 0 aromatic rings. The van der Waals surface area contributed by atoms with Crippen molar-refractivity contribution in [3.05, 3.63) is 0 Å². The van der Waals surface area contributed by atoms with Gasteiger partial charge in [0.15, 0.2) is 0 Å². The highest BCUT2D eigenvalue weighted by Crippen LogP contribution is 2.39. The molecule has 4 atom stereocenters. The van der Waals surface area contributed by atoms with Gasteiger partial charge in [-0.05, 0) is 76.0 Å². The lowest BCUT2D eigenvalue weighted by atomic mass is 10.3. The fourth-order valence-corrected chi connectivity index (χ4v) is 32.1. The molecule has 1 saturated heterocycles. The van der Waals surface area contributed by atoms with Crippen molar-refractivity contribution in [1.82, 2.24) is 19.6 Å². The van der Waals surface area contributed by atoms with E-state index < -0.39 is 58.7 Å². The van der Waals surface area contributed by atoms with Gasteiger partial charge in [0.25, 0.3) is 0 Å². The molecule has 1 rings (SSSR count). The van der Waals surface area contributed by atoms with E-state index in [9.17, 15) is 61.3 Å². The second kappa shape index (κ2) is 41.0. The Bertz CT molecular complexity index is 1080. The molecule has 0 aromatic carbocycles. The van der Waals surface area contributed by atoms with Gasteiger partial charge in [-0.1, -0.05) is 0 Å². The molecule has 1 fully saturated rings. The third-order valence-electron chi connectivity index (χ3n) is 11.9. The van der Waals surface area contributed by atoms with E-state index >= 15 is 0 Å². The Labute approximate surface area is 433 Å². The maximum absolute atomic E-state index is 10.7. The predicted molar refractivity (Wildman–Crippen MR) is 278 cm³/mol. The molecule has 1 aliphatic heterocycles. The van der Waals surface area contributed by atoms with E-state index in [0.29, 0.717) is 129 Å². The lowest BCUT2D eigenvalue weighted by Crippen LogP contribution is -2.67. The second-order valence-corrected chi connectivity index (χ2v) is 33.6. The van der Waals surface area contributed by atoms with Crippen molar-refractivity contribution in [1.29, 1.82) is 0 Å². The molecule has 0 bridgehead atoms. The van der Waals surface area contributed by atoms with Crippen molar-refractivity contribution < 1.29 is 96.7 Å². The van der Waals surface area contributed by atoms with Crippen molar-refractivity contribution >= 4 is 34.2 Å². The standard InChI is InChI=1S/C44H100N4O20Si4/c1-69(29-5-25-61-37-41(57)33-45(9-17-49)10-18-50)65-70(2,30-6-26-62-38-42(58)34-46(11-19-51)12-20-52)67-72(4,32-8-28-64-40-44(60)36-48(15-23-55)16-24-56)68-71(3,66-69)31-7-27-63-39-43(59)35-47(13-21-53)14-22-54/h41-44,49-60H,5-40H2,1-4H3. The molecule has 0 aromatic heterocycles. The molecule has 12 N–H and O–H groups in total. The third kappa shape index (κ3) is 33.3. The van der Waals surface area contributed by atoms with Crippen LogP contribution in [0.5, 0.6) is 0 Å². The zero-order valence-corrected chi connectivity index (χ0v) is 48.2. The van der Waals surface area contributed by atoms with E-state index in [1.54, 1.807) is 19.6 Å². The van der Waals surface area contributed by atoms with Crippen LogP contribution >= 0.6 is 0 Å². The van der Waals surface area contributed by atoms with Crippen LogP contribution in [0.25, 0.3) is 0 Å². The molecule has 0 spiro atoms. The number of aliphatic hydroxyl groups excluding tert-OH is 12. The Morgan fingerprint density at radius 1 is 0.319 bits per heavy atom. The van der Waals surface area contributed by atoms with Crippen molar-refractivity contribution in [2.24, 2.45) is 0 Å². The van der Waals surface area contributed by atoms with Gasteiger partial charge in [-0.15, -0.1) is 0 Å². The first-order valence-electron chi connectivity index (χ1n) is 26.0. The highest BCUT2D eigenvalue weighted by molar-refractivity contribution is 6.93. The Hall–Kier alpha value is -0.0925. The summed E-state index contributed by atoms with van der Waals surface area (Å²) >= 11 is 0. The summed E-state index contributed by atoms with van der Waals surface area (Å²) in [5.74, 6) is 0. The van der Waals surface area contributed by atoms with E-state index in [-0.39, 0.29) is 105 Å². The minimum absolute atomic E-state index is 0.0577. The minimum Gasteiger partial charge on any atom is -0.416 e. The van der Waals surface area contributed by atoms with Gasteiger partial charge in [0.1, 0.15) is 0 Å². The van der Waals surface area contributed by atoms with Crippen LogP contribution in [0.2, 0.25) is 50.4 Å². The number of nitrogens with zero attached hydrogens (tertiary/aromatic N) is 4. The van der Waals surface area contributed by atoms with Gasteiger partial charge in [-0.25, -0.2) is 0 Å². The van der Waals surface area contributed by atoms with E-state index in [1.807, 2.05) is 26.2 Å². The van der Waals surface area contributed by atoms with Gasteiger partial charge in [0.05, 0.1) is 104 Å². The van der Waals surface area contributed by atoms with Crippen molar-refractivity contribution in [2.45, 2.75) is 100 Å². The van der Waals surface area contributed by atoms with Crippen LogP contribution in [0.15, 0.2) is 0 Å². The van der Waals surface area contributed by atoms with Crippen molar-refractivity contribution in [3.8, 4) is 0 Å². The Balaban J connectivity index is 3.32. The molecule has 0 amide bonds. The highest BCUT2D eigenvalue weighted by atomic mass is 28.5. The molecule has 72 heavy (non-hydrogen) atoms. The Kier molecular flexibility index (Phi) is 39.8. The summed E-state index contributed by atoms with van der Waals surface area (Å²) in [5, 5.41) is 118. The number of rotatable bonds is 48. The molecular formula is C44H100N4O20Si4. The fraction of sp³-hybridized carbons (Fsp3) is 1.00. The highest BCUT2D eigenvalue weighted by Gasteiger charge is 2.56. The van der Waals surface area contributed by atoms with E-state index in [2.05, 4.69) is 0 Å². The van der Waals surface area contributed by atoms with Crippen LogP contribution < -0.4 is 0 Å². The summed E-state index contributed by atoms with van der Waals surface area (Å²) in [4.78, 5) is 7.05. The van der Waals surface area contributed by atoms with Crippen LogP contribution in [0.1, 0.15) is 25.7 Å². The molecular weight excluding hydrogens is 1020 g/mol. The van der Waals surface area contributed by atoms with Gasteiger partial charge in [0.2, 0.25) is 0 Å². The van der Waals surface area contributed by atoms with Crippen molar-refractivity contribution in [3.63, 3.8) is 0 Å². The lowest BCUT2D eigenvalue weighted by molar-refractivity contribution is 0.0110. The van der Waals surface area contributed by atoms with Gasteiger partial charge in [0, 0.05) is 105 Å². The second-order valence-electron chi connectivity index (χ2n) is 19.3. The van der Waals surface area contributed by atoms with Gasteiger partial charge >= 0.3 is 34.2 Å². The summed E-state index contributed by atoms with van der Waals surface area (Å²) in [7, 11) is -12.6. The van der Waals surface area contributed by atoms with Gasteiger partial charge < -0.3 is 96.7 Å². The number of hydrogen-bond acceptors (Lipinski definition) is 24. The smallest absolute Gasteiger partial charge is 0.317 e. The fourth-order valence-electron chi connectivity index (χ4n) is 8.89. The number of ether oxygens (including phenoxy) is 4. The van der Waals surface area contributed by atoms with Crippen LogP contribution in [-0.4, -0.2) is 324 Å². The average molecular weight is 1120 g/mol. The van der Waals surface area contributed by atoms with Crippen LogP contribution in [0.3, 0.4) is 0 Å². The first kappa shape index (κ1) is 69.9. The first-order chi connectivity index (χ1) is 34.4. The molecule has 0 aliphatic carbocycles. The summed E-state index contributed by atoms with van der Waals surface area (Å²) in [5.41, 5.74) is 0. The average Bonchev–Trinajstić information content (AvgIpc) is 3.28.